The molecule has 43 heavy (non-hydrogen) atoms. The van der Waals surface area contributed by atoms with E-state index in [1.165, 1.54) is 0 Å². The molecule has 3 aromatic rings. The highest BCUT2D eigenvalue weighted by atomic mass is 16.2. The van der Waals surface area contributed by atoms with Gasteiger partial charge in [-0.25, -0.2) is 4.99 Å². The molecule has 4 N–H and O–H groups in total. The molecule has 0 saturated carbocycles. The van der Waals surface area contributed by atoms with E-state index >= 15 is 0 Å². The van der Waals surface area contributed by atoms with Crippen LogP contribution >= 0.6 is 0 Å². The van der Waals surface area contributed by atoms with Gasteiger partial charge in [-0.1, -0.05) is 57.2 Å². The van der Waals surface area contributed by atoms with E-state index in [0.717, 1.165) is 29.5 Å². The topological polar surface area (TPSA) is 130 Å². The highest BCUT2D eigenvalue weighted by molar-refractivity contribution is 6.07. The zero-order valence-electron chi connectivity index (χ0n) is 25.1. The highest BCUT2D eigenvalue weighted by Gasteiger charge is 2.21. The fourth-order valence-corrected chi connectivity index (χ4v) is 5.01. The summed E-state index contributed by atoms with van der Waals surface area (Å²) in [6.07, 6.45) is 7.69. The van der Waals surface area contributed by atoms with Crippen LogP contribution in [0, 0.1) is 5.92 Å². The molecule has 0 aliphatic carbocycles. The molecule has 1 aliphatic rings. The standard InChI is InChI=1S/C34H40N6O3/c1-4-13-40(14-5-2)34(43)28-17-26-11-12-27(18-30(26)39-31(35)19-28)33(42)38-29-16-25(20-36-22-29)21-37-32(41)23(3)15-24-9-7-6-8-10-24/h6-12,16-18,20,22-23H,4-5,13-15,19,21H2,1-3H3,(H2,35,39)(H,37,41)(H,38,42)/t23-/m0/s1. The molecule has 4 rings (SSSR count). The van der Waals surface area contributed by atoms with Crippen molar-refractivity contribution >= 4 is 41.0 Å². The average Bonchev–Trinajstić information content (AvgIpc) is 3.17. The van der Waals surface area contributed by atoms with Crippen LogP contribution in [0.25, 0.3) is 6.08 Å². The third-order valence-electron chi connectivity index (χ3n) is 7.16. The van der Waals surface area contributed by atoms with Crippen LogP contribution in [0.4, 0.5) is 11.4 Å². The van der Waals surface area contributed by atoms with Crippen LogP contribution in [0.5, 0.6) is 0 Å². The molecule has 0 fully saturated rings. The van der Waals surface area contributed by atoms with E-state index in [0.29, 0.717) is 54.4 Å². The van der Waals surface area contributed by atoms with Crippen LogP contribution in [0.1, 0.15) is 67.1 Å². The summed E-state index contributed by atoms with van der Waals surface area (Å²) in [5.74, 6) is -0.284. The summed E-state index contributed by atoms with van der Waals surface area (Å²) >= 11 is 0. The normalized spacial score (nSPS) is 13.1. The Kier molecular flexibility index (Phi) is 10.8. The number of benzene rings is 2. The van der Waals surface area contributed by atoms with Gasteiger partial charge in [-0.3, -0.25) is 19.4 Å². The van der Waals surface area contributed by atoms with Gasteiger partial charge in [0.15, 0.2) is 0 Å². The number of fused-ring (bicyclic) bond motifs is 1. The summed E-state index contributed by atoms with van der Waals surface area (Å²) in [5.41, 5.74) is 10.8. The molecular weight excluding hydrogens is 540 g/mol. The molecule has 0 bridgehead atoms. The summed E-state index contributed by atoms with van der Waals surface area (Å²) < 4.78 is 0. The third kappa shape index (κ3) is 8.61. The quantitative estimate of drug-likeness (QED) is 0.269. The van der Waals surface area contributed by atoms with E-state index in [1.54, 1.807) is 36.7 Å². The first-order chi connectivity index (χ1) is 20.8. The first kappa shape index (κ1) is 31.2. The number of nitrogens with one attached hydrogen (secondary N) is 2. The number of rotatable bonds is 12. The molecule has 2 aromatic carbocycles. The minimum atomic E-state index is -0.336. The van der Waals surface area contributed by atoms with Gasteiger partial charge < -0.3 is 21.3 Å². The Hall–Kier alpha value is -4.79. The molecule has 0 saturated heterocycles. The zero-order chi connectivity index (χ0) is 30.8. The first-order valence-electron chi connectivity index (χ1n) is 14.8. The van der Waals surface area contributed by atoms with Crippen molar-refractivity contribution in [2.75, 3.05) is 18.4 Å². The van der Waals surface area contributed by atoms with Crippen molar-refractivity contribution in [3.63, 3.8) is 0 Å². The largest absolute Gasteiger partial charge is 0.387 e. The van der Waals surface area contributed by atoms with Crippen molar-refractivity contribution in [3.05, 3.63) is 94.8 Å². The Morgan fingerprint density at radius 3 is 2.44 bits per heavy atom. The number of aromatic nitrogens is 1. The molecule has 0 spiro atoms. The Bertz CT molecular complexity index is 1510. The number of nitrogens with zero attached hydrogens (tertiary/aromatic N) is 3. The third-order valence-corrected chi connectivity index (χ3v) is 7.16. The maximum atomic E-state index is 13.2. The van der Waals surface area contributed by atoms with Crippen molar-refractivity contribution < 1.29 is 14.4 Å². The summed E-state index contributed by atoms with van der Waals surface area (Å²) in [7, 11) is 0. The molecule has 0 radical (unpaired) electrons. The van der Waals surface area contributed by atoms with Crippen LogP contribution in [-0.2, 0) is 22.6 Å². The molecule has 0 unspecified atom stereocenters. The summed E-state index contributed by atoms with van der Waals surface area (Å²) in [5, 5.41) is 5.83. The van der Waals surface area contributed by atoms with E-state index in [9.17, 15) is 14.4 Å². The van der Waals surface area contributed by atoms with E-state index in [4.69, 9.17) is 5.73 Å². The van der Waals surface area contributed by atoms with Gasteiger partial charge >= 0.3 is 0 Å². The number of amidine groups is 1. The lowest BCUT2D eigenvalue weighted by Crippen LogP contribution is -2.34. The highest BCUT2D eigenvalue weighted by Crippen LogP contribution is 2.29. The predicted molar refractivity (Wildman–Crippen MR) is 171 cm³/mol. The van der Waals surface area contributed by atoms with Gasteiger partial charge in [-0.2, -0.15) is 0 Å². The number of anilines is 1. The Morgan fingerprint density at radius 2 is 1.72 bits per heavy atom. The van der Waals surface area contributed by atoms with Crippen LogP contribution in [0.15, 0.2) is 77.6 Å². The minimum absolute atomic E-state index is 0.0363. The van der Waals surface area contributed by atoms with Gasteiger partial charge in [0.25, 0.3) is 5.91 Å². The smallest absolute Gasteiger partial charge is 0.255 e. The maximum absolute atomic E-state index is 13.2. The van der Waals surface area contributed by atoms with Gasteiger partial charge in [0.05, 0.1) is 17.6 Å². The number of amides is 3. The van der Waals surface area contributed by atoms with Crippen LogP contribution in [0.3, 0.4) is 0 Å². The molecule has 9 heteroatoms. The number of nitrogens with two attached hydrogens (primary N) is 1. The molecule has 1 aliphatic heterocycles. The number of hydrogen-bond donors (Lipinski definition) is 3. The second-order valence-corrected chi connectivity index (χ2v) is 10.9. The van der Waals surface area contributed by atoms with Crippen molar-refractivity contribution in [3.8, 4) is 0 Å². The lowest BCUT2D eigenvalue weighted by molar-refractivity contribution is -0.127. The van der Waals surface area contributed by atoms with Crippen molar-refractivity contribution in [1.29, 1.82) is 0 Å². The van der Waals surface area contributed by atoms with Crippen LogP contribution < -0.4 is 16.4 Å². The molecule has 3 amide bonds. The Labute approximate surface area is 253 Å². The minimum Gasteiger partial charge on any atom is -0.387 e. The fraction of sp³-hybridized carbons (Fsp3) is 0.324. The Balaban J connectivity index is 1.41. The lowest BCUT2D eigenvalue weighted by atomic mass is 10.0. The Morgan fingerprint density at radius 1 is 0.977 bits per heavy atom. The summed E-state index contributed by atoms with van der Waals surface area (Å²) in [6, 6.07) is 16.8. The van der Waals surface area contributed by atoms with Crippen molar-refractivity contribution in [1.82, 2.24) is 15.2 Å². The average molecular weight is 581 g/mol. The van der Waals surface area contributed by atoms with E-state index in [2.05, 4.69) is 20.6 Å². The predicted octanol–water partition coefficient (Wildman–Crippen LogP) is 5.25. The molecule has 1 aromatic heterocycles. The van der Waals surface area contributed by atoms with Gasteiger partial charge in [-0.15, -0.1) is 0 Å². The molecular formula is C34H40N6O3. The number of carbonyl (C=O) groups excluding carboxylic acids is 3. The summed E-state index contributed by atoms with van der Waals surface area (Å²) in [6.45, 7) is 7.66. The van der Waals surface area contributed by atoms with Crippen LogP contribution in [-0.4, -0.2) is 46.5 Å². The molecule has 224 valence electrons. The number of pyridine rings is 1. The SMILES string of the molecule is CCCN(CCC)C(=O)C1=Cc2ccc(C(=O)Nc3cncc(CNC(=O)[C@@H](C)Cc4ccccc4)c3)cc2N=C(N)C1. The second-order valence-electron chi connectivity index (χ2n) is 10.9. The molecule has 2 heterocycles. The van der Waals surface area contributed by atoms with E-state index < -0.39 is 0 Å². The van der Waals surface area contributed by atoms with Crippen molar-refractivity contribution in [2.24, 2.45) is 16.6 Å². The zero-order valence-corrected chi connectivity index (χ0v) is 25.1. The van der Waals surface area contributed by atoms with E-state index in [-0.39, 0.29) is 30.1 Å². The van der Waals surface area contributed by atoms with Gasteiger partial charge in [0, 0.05) is 54.9 Å². The first-order valence-corrected chi connectivity index (χ1v) is 14.8. The van der Waals surface area contributed by atoms with Gasteiger partial charge in [0.2, 0.25) is 11.8 Å². The fourth-order valence-electron chi connectivity index (χ4n) is 5.01. The van der Waals surface area contributed by atoms with Gasteiger partial charge in [-0.05, 0) is 54.7 Å². The van der Waals surface area contributed by atoms with Crippen molar-refractivity contribution in [2.45, 2.75) is 53.0 Å². The summed E-state index contributed by atoms with van der Waals surface area (Å²) in [4.78, 5) is 49.6. The maximum Gasteiger partial charge on any atom is 0.255 e. The second kappa shape index (κ2) is 14.9. The van der Waals surface area contributed by atoms with Crippen LogP contribution in [0.2, 0.25) is 0 Å². The molecule has 1 atom stereocenters. The lowest BCUT2D eigenvalue weighted by Gasteiger charge is -2.22. The van der Waals surface area contributed by atoms with E-state index in [1.807, 2.05) is 62.1 Å². The monoisotopic (exact) mass is 580 g/mol. The molecule has 9 nitrogen and oxygen atoms in total. The van der Waals surface area contributed by atoms with Gasteiger partial charge in [0.1, 0.15) is 5.84 Å². The number of carbonyl (C=O) groups is 3. The number of hydrogen-bond acceptors (Lipinski definition) is 6. The number of aliphatic imine (C=N–C) groups is 1.